The molecule has 0 spiro atoms. The molecule has 0 heterocycles. The molecule has 2 heteroatoms. The Labute approximate surface area is 121 Å². The molecular weight excluding hydrogens is 246 g/mol. The topological polar surface area (TPSA) is 23.5 Å². The number of rotatable bonds is 5. The van der Waals surface area contributed by atoms with Crippen molar-refractivity contribution in [3.63, 3.8) is 0 Å². The summed E-state index contributed by atoms with van der Waals surface area (Å²) in [6.07, 6.45) is 0.313. The lowest BCUT2D eigenvalue weighted by atomic mass is 10.0. The summed E-state index contributed by atoms with van der Waals surface area (Å²) in [5.74, 6) is 0. The van der Waals surface area contributed by atoms with Gasteiger partial charge in [0.1, 0.15) is 0 Å². The highest BCUT2D eigenvalue weighted by atomic mass is 16.3. The SMILES string of the molecule is CC[C@H](O)c1ccccc1N(CC)c1cccc(C)c1. The van der Waals surface area contributed by atoms with Crippen LogP contribution in [0.1, 0.15) is 37.5 Å². The van der Waals surface area contributed by atoms with Crippen LogP contribution >= 0.6 is 0 Å². The summed E-state index contributed by atoms with van der Waals surface area (Å²) in [4.78, 5) is 2.25. The van der Waals surface area contributed by atoms with Crippen LogP contribution in [0.3, 0.4) is 0 Å². The Bertz CT molecular complexity index is 565. The van der Waals surface area contributed by atoms with Gasteiger partial charge >= 0.3 is 0 Å². The van der Waals surface area contributed by atoms with E-state index in [0.29, 0.717) is 0 Å². The van der Waals surface area contributed by atoms with Crippen LogP contribution in [0.25, 0.3) is 0 Å². The van der Waals surface area contributed by atoms with Crippen LogP contribution in [0.2, 0.25) is 0 Å². The van der Waals surface area contributed by atoms with E-state index < -0.39 is 6.10 Å². The molecule has 1 atom stereocenters. The Morgan fingerprint density at radius 2 is 1.80 bits per heavy atom. The van der Waals surface area contributed by atoms with E-state index in [1.54, 1.807) is 0 Å². The minimum absolute atomic E-state index is 0.412. The molecule has 0 saturated carbocycles. The molecule has 106 valence electrons. The number of aliphatic hydroxyl groups is 1. The van der Waals surface area contributed by atoms with Crippen molar-refractivity contribution in [1.82, 2.24) is 0 Å². The summed E-state index contributed by atoms with van der Waals surface area (Å²) in [7, 11) is 0. The molecular formula is C18H23NO. The summed E-state index contributed by atoms with van der Waals surface area (Å²) >= 11 is 0. The molecule has 0 amide bonds. The van der Waals surface area contributed by atoms with Gasteiger partial charge in [-0.1, -0.05) is 37.3 Å². The molecule has 0 saturated heterocycles. The van der Waals surface area contributed by atoms with Crippen LogP contribution in [0.4, 0.5) is 11.4 Å². The normalized spacial score (nSPS) is 12.2. The third kappa shape index (κ3) is 3.02. The summed E-state index contributed by atoms with van der Waals surface area (Å²) in [6, 6.07) is 16.6. The Kier molecular flexibility index (Phi) is 4.80. The summed E-state index contributed by atoms with van der Waals surface area (Å²) in [6.45, 7) is 7.11. The molecule has 2 aromatic rings. The van der Waals surface area contributed by atoms with Crippen molar-refractivity contribution in [3.05, 3.63) is 59.7 Å². The molecule has 0 aliphatic heterocycles. The van der Waals surface area contributed by atoms with E-state index in [2.05, 4.69) is 49.1 Å². The van der Waals surface area contributed by atoms with Crippen LogP contribution in [-0.2, 0) is 0 Å². The van der Waals surface area contributed by atoms with Gasteiger partial charge in [-0.3, -0.25) is 0 Å². The van der Waals surface area contributed by atoms with Gasteiger partial charge < -0.3 is 10.0 Å². The lowest BCUT2D eigenvalue weighted by Crippen LogP contribution is -2.18. The minimum Gasteiger partial charge on any atom is -0.388 e. The third-order valence-electron chi connectivity index (χ3n) is 3.60. The number of aryl methyl sites for hydroxylation is 1. The number of aliphatic hydroxyl groups excluding tert-OH is 1. The number of benzene rings is 2. The first-order valence-electron chi connectivity index (χ1n) is 7.28. The fraction of sp³-hybridized carbons (Fsp3) is 0.333. The lowest BCUT2D eigenvalue weighted by Gasteiger charge is -2.27. The summed E-state index contributed by atoms with van der Waals surface area (Å²) in [5.41, 5.74) is 4.51. The molecule has 2 rings (SSSR count). The molecule has 0 radical (unpaired) electrons. The largest absolute Gasteiger partial charge is 0.388 e. The first kappa shape index (κ1) is 14.6. The van der Waals surface area contributed by atoms with Crippen molar-refractivity contribution in [3.8, 4) is 0 Å². The molecule has 0 unspecified atom stereocenters. The van der Waals surface area contributed by atoms with Gasteiger partial charge in [0, 0.05) is 23.5 Å². The first-order valence-corrected chi connectivity index (χ1v) is 7.28. The molecule has 2 aromatic carbocycles. The van der Waals surface area contributed by atoms with Crippen molar-refractivity contribution in [2.45, 2.75) is 33.3 Å². The Morgan fingerprint density at radius 3 is 2.45 bits per heavy atom. The van der Waals surface area contributed by atoms with Gasteiger partial charge in [0.05, 0.1) is 6.10 Å². The lowest BCUT2D eigenvalue weighted by molar-refractivity contribution is 0.174. The summed E-state index contributed by atoms with van der Waals surface area (Å²) < 4.78 is 0. The molecule has 2 nitrogen and oxygen atoms in total. The second-order valence-electron chi connectivity index (χ2n) is 5.07. The quantitative estimate of drug-likeness (QED) is 0.857. The predicted octanol–water partition coefficient (Wildman–Crippen LogP) is 4.60. The minimum atomic E-state index is -0.412. The van der Waals surface area contributed by atoms with E-state index in [-0.39, 0.29) is 0 Å². The highest BCUT2D eigenvalue weighted by Gasteiger charge is 2.15. The van der Waals surface area contributed by atoms with Crippen molar-refractivity contribution in [2.75, 3.05) is 11.4 Å². The van der Waals surface area contributed by atoms with Gasteiger partial charge in [0.2, 0.25) is 0 Å². The number of nitrogens with zero attached hydrogens (tertiary/aromatic N) is 1. The van der Waals surface area contributed by atoms with E-state index in [4.69, 9.17) is 0 Å². The van der Waals surface area contributed by atoms with E-state index in [9.17, 15) is 5.11 Å². The molecule has 0 fully saturated rings. The maximum absolute atomic E-state index is 10.2. The average Bonchev–Trinajstić information content (AvgIpc) is 2.48. The maximum Gasteiger partial charge on any atom is 0.0807 e. The zero-order chi connectivity index (χ0) is 14.5. The zero-order valence-electron chi connectivity index (χ0n) is 12.5. The third-order valence-corrected chi connectivity index (χ3v) is 3.60. The van der Waals surface area contributed by atoms with Crippen LogP contribution in [-0.4, -0.2) is 11.7 Å². The van der Waals surface area contributed by atoms with Gasteiger partial charge in [0.15, 0.2) is 0 Å². The molecule has 1 N–H and O–H groups in total. The second-order valence-corrected chi connectivity index (χ2v) is 5.07. The van der Waals surface area contributed by atoms with Crippen LogP contribution in [0.5, 0.6) is 0 Å². The van der Waals surface area contributed by atoms with Crippen LogP contribution in [0, 0.1) is 6.92 Å². The Balaban J connectivity index is 2.47. The predicted molar refractivity (Wildman–Crippen MR) is 85.6 cm³/mol. The Morgan fingerprint density at radius 1 is 1.05 bits per heavy atom. The van der Waals surface area contributed by atoms with Crippen molar-refractivity contribution in [1.29, 1.82) is 0 Å². The molecule has 0 aliphatic rings. The van der Waals surface area contributed by atoms with E-state index in [0.717, 1.165) is 24.2 Å². The highest BCUT2D eigenvalue weighted by Crippen LogP contribution is 2.33. The van der Waals surface area contributed by atoms with Gasteiger partial charge in [-0.25, -0.2) is 0 Å². The summed E-state index contributed by atoms with van der Waals surface area (Å²) in [5, 5.41) is 10.2. The fourth-order valence-electron chi connectivity index (χ4n) is 2.52. The Hall–Kier alpha value is -1.80. The van der Waals surface area contributed by atoms with E-state index >= 15 is 0 Å². The van der Waals surface area contributed by atoms with Gasteiger partial charge in [-0.05, 0) is 44.0 Å². The zero-order valence-corrected chi connectivity index (χ0v) is 12.5. The second kappa shape index (κ2) is 6.58. The number of anilines is 2. The molecule has 0 bridgehead atoms. The number of hydrogen-bond acceptors (Lipinski definition) is 2. The number of para-hydroxylation sites is 1. The molecule has 0 aromatic heterocycles. The van der Waals surface area contributed by atoms with Crippen molar-refractivity contribution < 1.29 is 5.11 Å². The van der Waals surface area contributed by atoms with Gasteiger partial charge in [-0.2, -0.15) is 0 Å². The van der Waals surface area contributed by atoms with E-state index in [1.807, 2.05) is 25.1 Å². The maximum atomic E-state index is 10.2. The first-order chi connectivity index (χ1) is 9.67. The molecule has 0 aliphatic carbocycles. The number of hydrogen-bond donors (Lipinski definition) is 1. The smallest absolute Gasteiger partial charge is 0.0807 e. The standard InChI is InChI=1S/C18H23NO/c1-4-18(20)16-11-6-7-12-17(16)19(5-2)15-10-8-9-14(3)13-15/h6-13,18,20H,4-5H2,1-3H3/t18-/m0/s1. The highest BCUT2D eigenvalue weighted by molar-refractivity contribution is 5.67. The molecule has 20 heavy (non-hydrogen) atoms. The van der Waals surface area contributed by atoms with Crippen molar-refractivity contribution >= 4 is 11.4 Å². The van der Waals surface area contributed by atoms with Gasteiger partial charge in [0.25, 0.3) is 0 Å². The average molecular weight is 269 g/mol. The van der Waals surface area contributed by atoms with Crippen LogP contribution < -0.4 is 4.90 Å². The monoisotopic (exact) mass is 269 g/mol. The van der Waals surface area contributed by atoms with Crippen molar-refractivity contribution in [2.24, 2.45) is 0 Å². The van der Waals surface area contributed by atoms with Crippen LogP contribution in [0.15, 0.2) is 48.5 Å². The fourth-order valence-corrected chi connectivity index (χ4v) is 2.52. The van der Waals surface area contributed by atoms with E-state index in [1.165, 1.54) is 11.3 Å². The van der Waals surface area contributed by atoms with Gasteiger partial charge in [-0.15, -0.1) is 0 Å².